The lowest BCUT2D eigenvalue weighted by atomic mass is 9.74. The highest BCUT2D eigenvalue weighted by molar-refractivity contribution is 5.89. The average Bonchev–Trinajstić information content (AvgIpc) is 2.97. The van der Waals surface area contributed by atoms with Gasteiger partial charge in [0, 0.05) is 37.5 Å². The van der Waals surface area contributed by atoms with Crippen molar-refractivity contribution in [2.24, 2.45) is 12.5 Å². The van der Waals surface area contributed by atoms with Gasteiger partial charge in [0.2, 0.25) is 5.88 Å². The van der Waals surface area contributed by atoms with Gasteiger partial charge in [-0.05, 0) is 6.92 Å². The molecule has 1 unspecified atom stereocenters. The zero-order valence-electron chi connectivity index (χ0n) is 12.6. The van der Waals surface area contributed by atoms with Crippen LogP contribution in [0.15, 0.2) is 23.0 Å². The smallest absolute Gasteiger partial charge is 0.324 e. The van der Waals surface area contributed by atoms with Crippen LogP contribution >= 0.6 is 0 Å². The molecule has 1 aliphatic rings. The molecule has 0 spiro atoms. The third-order valence-corrected chi connectivity index (χ3v) is 3.85. The SMILES string of the molecule is Cc1cc(NC(=O)N2CC(C)(C)C2c2nccn2C)on1. The monoisotopic (exact) mass is 289 g/mol. The number of nitrogens with zero attached hydrogens (tertiary/aromatic N) is 4. The van der Waals surface area contributed by atoms with Gasteiger partial charge in [0.25, 0.3) is 0 Å². The van der Waals surface area contributed by atoms with E-state index in [1.165, 1.54) is 0 Å². The number of urea groups is 1. The van der Waals surface area contributed by atoms with Gasteiger partial charge < -0.3 is 14.0 Å². The Hall–Kier alpha value is -2.31. The van der Waals surface area contributed by atoms with E-state index in [2.05, 4.69) is 29.3 Å². The first-order valence-corrected chi connectivity index (χ1v) is 6.86. The fraction of sp³-hybridized carbons (Fsp3) is 0.500. The van der Waals surface area contributed by atoms with E-state index >= 15 is 0 Å². The fourth-order valence-electron chi connectivity index (χ4n) is 2.84. The number of hydrogen-bond acceptors (Lipinski definition) is 4. The molecular formula is C14H19N5O2. The van der Waals surface area contributed by atoms with Crippen molar-refractivity contribution in [1.29, 1.82) is 0 Å². The van der Waals surface area contributed by atoms with Crippen LogP contribution in [0.25, 0.3) is 0 Å². The van der Waals surface area contributed by atoms with E-state index < -0.39 is 0 Å². The normalized spacial score (nSPS) is 20.2. The summed E-state index contributed by atoms with van der Waals surface area (Å²) in [6.45, 7) is 6.75. The van der Waals surface area contributed by atoms with Crippen LogP contribution in [0.2, 0.25) is 0 Å². The molecule has 0 bridgehead atoms. The minimum atomic E-state index is -0.196. The number of carbonyl (C=O) groups excluding carboxylic acids is 1. The molecule has 21 heavy (non-hydrogen) atoms. The Balaban J connectivity index is 1.79. The molecule has 1 fully saturated rings. The lowest BCUT2D eigenvalue weighted by molar-refractivity contribution is -0.0184. The first-order chi connectivity index (χ1) is 9.88. The molecule has 2 amide bonds. The Morgan fingerprint density at radius 1 is 1.52 bits per heavy atom. The van der Waals surface area contributed by atoms with Gasteiger partial charge in [-0.2, -0.15) is 0 Å². The summed E-state index contributed by atoms with van der Waals surface area (Å²) < 4.78 is 6.97. The summed E-state index contributed by atoms with van der Waals surface area (Å²) in [6, 6.07) is 1.44. The van der Waals surface area contributed by atoms with E-state index in [9.17, 15) is 4.79 Å². The van der Waals surface area contributed by atoms with Crippen molar-refractivity contribution in [3.63, 3.8) is 0 Å². The van der Waals surface area contributed by atoms with Crippen molar-refractivity contribution in [2.75, 3.05) is 11.9 Å². The summed E-state index contributed by atoms with van der Waals surface area (Å²) in [5.41, 5.74) is 0.725. The molecule has 0 aliphatic carbocycles. The zero-order chi connectivity index (χ0) is 15.2. The highest BCUT2D eigenvalue weighted by Gasteiger charge is 2.51. The van der Waals surface area contributed by atoms with Crippen LogP contribution in [0.3, 0.4) is 0 Å². The molecule has 2 aromatic heterocycles. The van der Waals surface area contributed by atoms with Crippen LogP contribution in [-0.4, -0.2) is 32.2 Å². The maximum atomic E-state index is 12.4. The summed E-state index contributed by atoms with van der Waals surface area (Å²) in [5, 5.41) is 6.49. The van der Waals surface area contributed by atoms with Crippen LogP contribution in [0, 0.1) is 12.3 Å². The van der Waals surface area contributed by atoms with Crippen molar-refractivity contribution < 1.29 is 9.32 Å². The van der Waals surface area contributed by atoms with Gasteiger partial charge in [-0.3, -0.25) is 5.32 Å². The van der Waals surface area contributed by atoms with Crippen molar-refractivity contribution in [3.05, 3.63) is 30.0 Å². The van der Waals surface area contributed by atoms with Crippen LogP contribution in [0.4, 0.5) is 10.7 Å². The second-order valence-electron chi connectivity index (χ2n) is 6.18. The Labute approximate surface area is 122 Å². The van der Waals surface area contributed by atoms with Crippen molar-refractivity contribution in [1.82, 2.24) is 19.6 Å². The predicted molar refractivity (Wildman–Crippen MR) is 76.7 cm³/mol. The van der Waals surface area contributed by atoms with Gasteiger partial charge in [0.05, 0.1) is 11.7 Å². The third kappa shape index (κ3) is 2.28. The Morgan fingerprint density at radius 3 is 2.81 bits per heavy atom. The van der Waals surface area contributed by atoms with Gasteiger partial charge in [0.1, 0.15) is 5.82 Å². The largest absolute Gasteiger partial charge is 0.338 e. The fourth-order valence-corrected chi connectivity index (χ4v) is 2.84. The van der Waals surface area contributed by atoms with E-state index in [1.807, 2.05) is 24.7 Å². The predicted octanol–water partition coefficient (Wildman–Crippen LogP) is 2.33. The number of rotatable bonds is 2. The maximum Gasteiger partial charge on any atom is 0.324 e. The number of aryl methyl sites for hydroxylation is 2. The Bertz CT molecular complexity index is 672. The molecule has 0 saturated carbocycles. The summed E-state index contributed by atoms with van der Waals surface area (Å²) in [6.07, 6.45) is 3.64. The molecule has 3 heterocycles. The van der Waals surface area contributed by atoms with Crippen molar-refractivity contribution in [3.8, 4) is 0 Å². The third-order valence-electron chi connectivity index (χ3n) is 3.85. The van der Waals surface area contributed by atoms with Gasteiger partial charge in [-0.15, -0.1) is 0 Å². The number of amides is 2. The number of anilines is 1. The van der Waals surface area contributed by atoms with E-state index in [0.29, 0.717) is 12.4 Å². The number of imidazole rings is 1. The minimum Gasteiger partial charge on any atom is -0.338 e. The second kappa shape index (κ2) is 4.61. The summed E-state index contributed by atoms with van der Waals surface area (Å²) in [5.74, 6) is 1.25. The standard InChI is InChI=1S/C14H19N5O2/c1-9-7-10(21-17-9)16-13(20)19-8-14(2,3)11(19)12-15-5-6-18(12)4/h5-7,11H,8H2,1-4H3,(H,16,20). The number of nitrogens with one attached hydrogen (secondary N) is 1. The van der Waals surface area contributed by atoms with Gasteiger partial charge in [-0.25, -0.2) is 9.78 Å². The Morgan fingerprint density at radius 2 is 2.29 bits per heavy atom. The first-order valence-electron chi connectivity index (χ1n) is 6.86. The lowest BCUT2D eigenvalue weighted by Crippen LogP contribution is -2.59. The summed E-state index contributed by atoms with van der Waals surface area (Å²) >= 11 is 0. The van der Waals surface area contributed by atoms with E-state index in [4.69, 9.17) is 4.52 Å². The molecule has 1 atom stereocenters. The topological polar surface area (TPSA) is 76.2 Å². The van der Waals surface area contributed by atoms with E-state index in [0.717, 1.165) is 11.5 Å². The lowest BCUT2D eigenvalue weighted by Gasteiger charge is -2.53. The highest BCUT2D eigenvalue weighted by Crippen LogP contribution is 2.47. The molecule has 0 radical (unpaired) electrons. The average molecular weight is 289 g/mol. The number of carbonyl (C=O) groups is 1. The number of hydrogen-bond donors (Lipinski definition) is 1. The molecule has 2 aromatic rings. The molecule has 112 valence electrons. The maximum absolute atomic E-state index is 12.4. The zero-order valence-corrected chi connectivity index (χ0v) is 12.6. The summed E-state index contributed by atoms with van der Waals surface area (Å²) in [7, 11) is 1.94. The molecule has 1 N–H and O–H groups in total. The molecule has 1 saturated heterocycles. The second-order valence-corrected chi connectivity index (χ2v) is 6.18. The first kappa shape index (κ1) is 13.7. The van der Waals surface area contributed by atoms with Crippen molar-refractivity contribution >= 4 is 11.9 Å². The molecule has 1 aliphatic heterocycles. The molecule has 7 heteroatoms. The number of aromatic nitrogens is 3. The number of likely N-dealkylation sites (tertiary alicyclic amines) is 1. The summed E-state index contributed by atoms with van der Waals surface area (Å²) in [4.78, 5) is 18.5. The molecular weight excluding hydrogens is 270 g/mol. The highest BCUT2D eigenvalue weighted by atomic mass is 16.5. The minimum absolute atomic E-state index is 0.00617. The van der Waals surface area contributed by atoms with Crippen LogP contribution in [0.1, 0.15) is 31.4 Å². The Kier molecular flexibility index (Phi) is 3.00. The van der Waals surface area contributed by atoms with E-state index in [-0.39, 0.29) is 17.5 Å². The van der Waals surface area contributed by atoms with Crippen LogP contribution in [0.5, 0.6) is 0 Å². The quantitative estimate of drug-likeness (QED) is 0.920. The van der Waals surface area contributed by atoms with Crippen LogP contribution < -0.4 is 5.32 Å². The van der Waals surface area contributed by atoms with Gasteiger partial charge in [-0.1, -0.05) is 19.0 Å². The molecule has 3 rings (SSSR count). The molecule has 0 aromatic carbocycles. The molecule has 7 nitrogen and oxygen atoms in total. The van der Waals surface area contributed by atoms with E-state index in [1.54, 1.807) is 17.2 Å². The van der Waals surface area contributed by atoms with Gasteiger partial charge in [0.15, 0.2) is 0 Å². The van der Waals surface area contributed by atoms with Crippen molar-refractivity contribution in [2.45, 2.75) is 26.8 Å². The van der Waals surface area contributed by atoms with Crippen LogP contribution in [-0.2, 0) is 7.05 Å². The van der Waals surface area contributed by atoms with Gasteiger partial charge >= 0.3 is 6.03 Å².